The molecule has 1 N–H and O–H groups in total. The van der Waals surface area contributed by atoms with E-state index in [9.17, 15) is 13.2 Å². The Bertz CT molecular complexity index is 1660. The first kappa shape index (κ1) is 33.4. The van der Waals surface area contributed by atoms with Crippen LogP contribution in [0.3, 0.4) is 0 Å². The number of carbonyl (C=O) groups excluding carboxylic acids is 1. The van der Waals surface area contributed by atoms with Crippen molar-refractivity contribution >= 4 is 41.5 Å². The lowest BCUT2D eigenvalue weighted by atomic mass is 9.65. The number of nitrogens with one attached hydrogen (secondary N) is 1. The van der Waals surface area contributed by atoms with Gasteiger partial charge in [-0.25, -0.2) is 13.1 Å². The molecule has 5 aliphatic rings. The number of anilines is 1. The molecule has 2 heterocycles. The van der Waals surface area contributed by atoms with Gasteiger partial charge in [0.05, 0.1) is 23.6 Å². The van der Waals surface area contributed by atoms with Crippen LogP contribution in [0.4, 0.5) is 5.69 Å². The molecule has 0 radical (unpaired) electrons. The zero-order valence-electron chi connectivity index (χ0n) is 28.6. The molecule has 2 aromatic rings. The predicted molar refractivity (Wildman–Crippen MR) is 191 cm³/mol. The third-order valence-electron chi connectivity index (χ3n) is 12.7. The van der Waals surface area contributed by atoms with Crippen molar-refractivity contribution in [2.24, 2.45) is 17.8 Å². The van der Waals surface area contributed by atoms with Crippen molar-refractivity contribution in [3.05, 3.63) is 58.1 Å². The zero-order chi connectivity index (χ0) is 33.4. The van der Waals surface area contributed by atoms with Gasteiger partial charge in [-0.15, -0.1) is 0 Å². The minimum absolute atomic E-state index is 0.00632. The molecule has 256 valence electrons. The molecule has 0 aromatic heterocycles. The normalized spacial score (nSPS) is 32.1. The largest absolute Gasteiger partial charge is 0.490 e. The number of hydrogen-bond donors (Lipinski definition) is 1. The van der Waals surface area contributed by atoms with Crippen molar-refractivity contribution in [1.82, 2.24) is 4.72 Å². The standard InChI is InChI=1S/C37H51ClN2O5SSi/c1-36(2,3)47(4,5)45-34-25-8-6-10-29(19-25)46(42,43)39-35(41)26-12-16-33-32(20-26)40(21-27-11-14-30(27)34)22-37(23-44-33)17-7-9-24-18-28(38)13-15-31(24)37/h12-13,15-16,18,20,25,27,29-30,34H,6-11,14,17,19,21-23H2,1-5H3,(H,39,41)/t25?,27-,29-,30+,34-,37-/m0/s1. The number of ether oxygens (including phenoxy) is 1. The summed E-state index contributed by atoms with van der Waals surface area (Å²) in [6.07, 6.45) is 8.18. The second-order valence-electron chi connectivity index (χ2n) is 16.7. The molecular weight excluding hydrogens is 648 g/mol. The monoisotopic (exact) mass is 698 g/mol. The average Bonchev–Trinajstić information content (AvgIpc) is 3.14. The van der Waals surface area contributed by atoms with E-state index in [0.717, 1.165) is 74.5 Å². The molecule has 7 rings (SSSR count). The summed E-state index contributed by atoms with van der Waals surface area (Å²) in [5.74, 6) is 1.08. The fraction of sp³-hybridized carbons (Fsp3) is 0.649. The Morgan fingerprint density at radius 3 is 2.60 bits per heavy atom. The number of sulfonamides is 1. The van der Waals surface area contributed by atoms with Gasteiger partial charge < -0.3 is 14.1 Å². The highest BCUT2D eigenvalue weighted by molar-refractivity contribution is 7.90. The van der Waals surface area contributed by atoms with Gasteiger partial charge in [-0.3, -0.25) is 4.79 Å². The first-order valence-corrected chi connectivity index (χ1v) is 22.5. The van der Waals surface area contributed by atoms with E-state index in [-0.39, 0.29) is 22.5 Å². The first-order chi connectivity index (χ1) is 22.2. The molecule has 2 fully saturated rings. The van der Waals surface area contributed by atoms with Crippen LogP contribution in [0.1, 0.15) is 93.6 Å². The summed E-state index contributed by atoms with van der Waals surface area (Å²) in [5, 5.41) is 0.204. The average molecular weight is 699 g/mol. The minimum atomic E-state index is -3.87. The van der Waals surface area contributed by atoms with E-state index in [1.165, 1.54) is 11.1 Å². The summed E-state index contributed by atoms with van der Waals surface area (Å²) in [7, 11) is -6.04. The van der Waals surface area contributed by atoms with Crippen molar-refractivity contribution in [3.63, 3.8) is 0 Å². The zero-order valence-corrected chi connectivity index (χ0v) is 31.2. The lowest BCUT2D eigenvalue weighted by Crippen LogP contribution is -2.55. The number of nitrogens with zero attached hydrogens (tertiary/aromatic N) is 1. The van der Waals surface area contributed by atoms with E-state index >= 15 is 0 Å². The number of halogens is 1. The Kier molecular flexibility index (Phi) is 8.58. The van der Waals surface area contributed by atoms with Crippen LogP contribution in [0.25, 0.3) is 0 Å². The summed E-state index contributed by atoms with van der Waals surface area (Å²) >= 11 is 6.47. The van der Waals surface area contributed by atoms with Gasteiger partial charge in [0.1, 0.15) is 5.75 Å². The maximum Gasteiger partial charge on any atom is 0.264 e. The number of amides is 1. The first-order valence-electron chi connectivity index (χ1n) is 17.7. The predicted octanol–water partition coefficient (Wildman–Crippen LogP) is 7.86. The summed E-state index contributed by atoms with van der Waals surface area (Å²) in [4.78, 5) is 16.1. The van der Waals surface area contributed by atoms with Gasteiger partial charge in [0, 0.05) is 29.1 Å². The molecule has 6 atom stereocenters. The molecule has 3 aliphatic carbocycles. The molecule has 7 nitrogen and oxygen atoms in total. The smallest absolute Gasteiger partial charge is 0.264 e. The Labute approximate surface area is 287 Å². The molecule has 0 saturated heterocycles. The Hall–Kier alpha value is -2.07. The Balaban J connectivity index is 1.32. The van der Waals surface area contributed by atoms with Gasteiger partial charge in [0.25, 0.3) is 5.91 Å². The number of benzene rings is 2. The minimum Gasteiger partial charge on any atom is -0.490 e. The van der Waals surface area contributed by atoms with Gasteiger partial charge in [-0.2, -0.15) is 0 Å². The quantitative estimate of drug-likeness (QED) is 0.322. The van der Waals surface area contributed by atoms with Gasteiger partial charge in [0.2, 0.25) is 10.0 Å². The summed E-state index contributed by atoms with van der Waals surface area (Å²) in [6.45, 7) is 13.6. The molecule has 1 spiro atoms. The Morgan fingerprint density at radius 2 is 1.85 bits per heavy atom. The number of fused-ring (bicyclic) bond motifs is 6. The molecule has 1 unspecified atom stereocenters. The summed E-state index contributed by atoms with van der Waals surface area (Å²) < 4.78 is 44.1. The SMILES string of the molecule is CC(C)(C)[Si](C)(C)O[C@H]1C2CCC[C@@H](C2)S(=O)(=O)NC(=O)c2ccc3c(c2)N(C[C@@H]2CC[C@H]21)C[C@@]1(CCCc2cc(Cl)ccc21)CO3. The number of carbonyl (C=O) groups is 1. The van der Waals surface area contributed by atoms with Crippen LogP contribution >= 0.6 is 11.6 Å². The van der Waals surface area contributed by atoms with Crippen LogP contribution in [0.5, 0.6) is 5.75 Å². The Morgan fingerprint density at radius 1 is 1.04 bits per heavy atom. The maximum absolute atomic E-state index is 13.8. The molecule has 1 amide bonds. The van der Waals surface area contributed by atoms with Crippen LogP contribution in [0, 0.1) is 17.8 Å². The van der Waals surface area contributed by atoms with Crippen LogP contribution in [0.15, 0.2) is 36.4 Å². The number of rotatable bonds is 2. The van der Waals surface area contributed by atoms with Crippen molar-refractivity contribution in [3.8, 4) is 5.75 Å². The van der Waals surface area contributed by atoms with E-state index in [1.54, 1.807) is 6.07 Å². The van der Waals surface area contributed by atoms with Gasteiger partial charge in [0.15, 0.2) is 8.32 Å². The van der Waals surface area contributed by atoms with E-state index in [2.05, 4.69) is 55.6 Å². The summed E-state index contributed by atoms with van der Waals surface area (Å²) in [5.41, 5.74) is 3.60. The lowest BCUT2D eigenvalue weighted by molar-refractivity contribution is -0.0227. The van der Waals surface area contributed by atoms with Gasteiger partial charge >= 0.3 is 0 Å². The van der Waals surface area contributed by atoms with Crippen LogP contribution in [-0.4, -0.2) is 53.7 Å². The van der Waals surface area contributed by atoms with Crippen molar-refractivity contribution in [2.45, 2.75) is 113 Å². The lowest BCUT2D eigenvalue weighted by Gasteiger charge is -2.52. The molecule has 10 heteroatoms. The van der Waals surface area contributed by atoms with Gasteiger partial charge in [-0.1, -0.05) is 44.9 Å². The molecule has 4 bridgehead atoms. The second-order valence-corrected chi connectivity index (χ2v) is 23.8. The van der Waals surface area contributed by atoms with Crippen LogP contribution in [-0.2, 0) is 26.3 Å². The van der Waals surface area contributed by atoms with Crippen LogP contribution in [0.2, 0.25) is 23.2 Å². The highest BCUT2D eigenvalue weighted by Crippen LogP contribution is 2.50. The fourth-order valence-electron chi connectivity index (χ4n) is 8.88. The maximum atomic E-state index is 13.8. The molecular formula is C37H51ClN2O5SSi. The van der Waals surface area contributed by atoms with E-state index in [4.69, 9.17) is 20.8 Å². The van der Waals surface area contributed by atoms with E-state index < -0.39 is 29.5 Å². The molecule has 2 aromatic carbocycles. The topological polar surface area (TPSA) is 84.9 Å². The van der Waals surface area contributed by atoms with E-state index in [1.807, 2.05) is 18.2 Å². The molecule has 2 aliphatic heterocycles. The third kappa shape index (κ3) is 6.16. The van der Waals surface area contributed by atoms with Crippen molar-refractivity contribution in [1.29, 1.82) is 0 Å². The highest BCUT2D eigenvalue weighted by atomic mass is 35.5. The van der Waals surface area contributed by atoms with E-state index in [0.29, 0.717) is 36.8 Å². The van der Waals surface area contributed by atoms with Crippen molar-refractivity contribution in [2.75, 3.05) is 24.6 Å². The third-order valence-corrected chi connectivity index (χ3v) is 19.2. The highest BCUT2D eigenvalue weighted by Gasteiger charge is 2.50. The molecule has 47 heavy (non-hydrogen) atoms. The van der Waals surface area contributed by atoms with Crippen LogP contribution < -0.4 is 14.4 Å². The fourth-order valence-corrected chi connectivity index (χ4v) is 12.0. The summed E-state index contributed by atoms with van der Waals surface area (Å²) in [6, 6.07) is 11.7. The van der Waals surface area contributed by atoms with Gasteiger partial charge in [-0.05, 0) is 129 Å². The van der Waals surface area contributed by atoms with Crippen molar-refractivity contribution < 1.29 is 22.4 Å². The second kappa shape index (κ2) is 12.1. The number of aryl methyl sites for hydroxylation is 1. The number of hydrogen-bond acceptors (Lipinski definition) is 6. The molecule has 2 saturated carbocycles.